The summed E-state index contributed by atoms with van der Waals surface area (Å²) in [6, 6.07) is 11.2. The molecule has 0 bridgehead atoms. The van der Waals surface area contributed by atoms with Crippen molar-refractivity contribution in [1.82, 2.24) is 0 Å². The van der Waals surface area contributed by atoms with Gasteiger partial charge in [-0.2, -0.15) is 0 Å². The number of benzene rings is 2. The van der Waals surface area contributed by atoms with E-state index in [0.29, 0.717) is 0 Å². The Labute approximate surface area is 156 Å². The number of nitrogens with zero attached hydrogens (tertiary/aromatic N) is 1. The molecular formula is C19H20N2O6. The van der Waals surface area contributed by atoms with Gasteiger partial charge in [0.25, 0.3) is 11.6 Å². The molecule has 0 saturated carbocycles. The maximum absolute atomic E-state index is 12.3. The zero-order valence-electron chi connectivity index (χ0n) is 15.2. The second kappa shape index (κ2) is 8.79. The van der Waals surface area contributed by atoms with Crippen molar-refractivity contribution in [3.8, 4) is 5.75 Å². The highest BCUT2D eigenvalue weighted by Crippen LogP contribution is 2.29. The van der Waals surface area contributed by atoms with Crippen molar-refractivity contribution in [3.05, 3.63) is 63.7 Å². The third-order valence-corrected chi connectivity index (χ3v) is 3.80. The smallest absolute Gasteiger partial charge is 0.311 e. The van der Waals surface area contributed by atoms with Crippen LogP contribution in [0.15, 0.2) is 42.5 Å². The van der Waals surface area contributed by atoms with Gasteiger partial charge >= 0.3 is 5.97 Å². The van der Waals surface area contributed by atoms with Gasteiger partial charge in [-0.25, -0.2) is 0 Å². The van der Waals surface area contributed by atoms with Crippen LogP contribution in [0.3, 0.4) is 0 Å². The van der Waals surface area contributed by atoms with E-state index in [1.807, 2.05) is 31.2 Å². The number of nitro benzene ring substituents is 1. The molecule has 8 heteroatoms. The highest BCUT2D eigenvalue weighted by Gasteiger charge is 2.21. The lowest BCUT2D eigenvalue weighted by Crippen LogP contribution is -2.30. The van der Waals surface area contributed by atoms with Gasteiger partial charge in [-0.1, -0.05) is 29.8 Å². The summed E-state index contributed by atoms with van der Waals surface area (Å²) in [6.07, 6.45) is -1.04. The van der Waals surface area contributed by atoms with Gasteiger partial charge in [0.05, 0.1) is 24.1 Å². The summed E-state index contributed by atoms with van der Waals surface area (Å²) < 4.78 is 10.2. The van der Waals surface area contributed by atoms with E-state index in [2.05, 4.69) is 5.32 Å². The van der Waals surface area contributed by atoms with Crippen LogP contribution >= 0.6 is 0 Å². The molecule has 0 spiro atoms. The molecule has 2 aromatic carbocycles. The van der Waals surface area contributed by atoms with Gasteiger partial charge in [-0.05, 0) is 25.5 Å². The van der Waals surface area contributed by atoms with E-state index in [1.54, 1.807) is 0 Å². The zero-order chi connectivity index (χ0) is 20.0. The normalized spacial score (nSPS) is 11.4. The number of hydrogen-bond donors (Lipinski definition) is 1. The Morgan fingerprint density at radius 2 is 1.85 bits per heavy atom. The Bertz CT molecular complexity index is 848. The first-order valence-electron chi connectivity index (χ1n) is 8.18. The van der Waals surface area contributed by atoms with E-state index in [9.17, 15) is 19.7 Å². The van der Waals surface area contributed by atoms with Crippen molar-refractivity contribution < 1.29 is 24.0 Å². The molecule has 0 unspecified atom stereocenters. The predicted octanol–water partition coefficient (Wildman–Crippen LogP) is 3.02. The topological polar surface area (TPSA) is 108 Å². The van der Waals surface area contributed by atoms with Gasteiger partial charge in [0.2, 0.25) is 0 Å². The number of nitro groups is 1. The summed E-state index contributed by atoms with van der Waals surface area (Å²) >= 11 is 0. The average molecular weight is 372 g/mol. The molecule has 2 rings (SSSR count). The Balaban J connectivity index is 2.00. The Kier molecular flexibility index (Phi) is 6.48. The summed E-state index contributed by atoms with van der Waals surface area (Å²) in [5, 5.41) is 13.4. The van der Waals surface area contributed by atoms with Crippen LogP contribution in [-0.4, -0.2) is 30.0 Å². The molecular weight excluding hydrogens is 352 g/mol. The summed E-state index contributed by atoms with van der Waals surface area (Å²) in [6.45, 7) is 3.36. The van der Waals surface area contributed by atoms with E-state index >= 15 is 0 Å². The molecule has 0 aliphatic rings. The molecule has 0 radical (unpaired) electrons. The van der Waals surface area contributed by atoms with Crippen LogP contribution in [0.5, 0.6) is 5.75 Å². The number of anilines is 1. The maximum atomic E-state index is 12.3. The molecule has 0 aromatic heterocycles. The SMILES string of the molecule is COc1ccc([N+](=O)[O-])cc1NC(=O)[C@H](C)OC(=O)Cc1ccc(C)cc1. The fraction of sp³-hybridized carbons (Fsp3) is 0.263. The second-order valence-corrected chi connectivity index (χ2v) is 5.93. The maximum Gasteiger partial charge on any atom is 0.311 e. The van der Waals surface area contributed by atoms with Crippen LogP contribution in [0, 0.1) is 17.0 Å². The number of nitrogens with one attached hydrogen (secondary N) is 1. The summed E-state index contributed by atoms with van der Waals surface area (Å²) in [7, 11) is 1.38. The molecule has 142 valence electrons. The van der Waals surface area contributed by atoms with Crippen molar-refractivity contribution in [2.45, 2.75) is 26.4 Å². The summed E-state index contributed by atoms with van der Waals surface area (Å²) in [5.74, 6) is -0.911. The van der Waals surface area contributed by atoms with Crippen LogP contribution in [0.4, 0.5) is 11.4 Å². The summed E-state index contributed by atoms with van der Waals surface area (Å²) in [5.41, 5.74) is 1.78. The predicted molar refractivity (Wildman–Crippen MR) is 98.7 cm³/mol. The molecule has 0 saturated heterocycles. The van der Waals surface area contributed by atoms with Gasteiger partial charge in [-0.15, -0.1) is 0 Å². The first kappa shape index (κ1) is 19.9. The van der Waals surface area contributed by atoms with E-state index in [-0.39, 0.29) is 23.5 Å². The number of carbonyl (C=O) groups excluding carboxylic acids is 2. The van der Waals surface area contributed by atoms with E-state index in [1.165, 1.54) is 32.2 Å². The van der Waals surface area contributed by atoms with Crippen LogP contribution in [0.1, 0.15) is 18.1 Å². The number of hydrogen-bond acceptors (Lipinski definition) is 6. The van der Waals surface area contributed by atoms with Gasteiger partial charge in [0.1, 0.15) is 5.75 Å². The number of ether oxygens (including phenoxy) is 2. The Morgan fingerprint density at radius 3 is 2.44 bits per heavy atom. The Morgan fingerprint density at radius 1 is 1.19 bits per heavy atom. The second-order valence-electron chi connectivity index (χ2n) is 5.93. The molecule has 1 N–H and O–H groups in total. The first-order valence-corrected chi connectivity index (χ1v) is 8.18. The van der Waals surface area contributed by atoms with E-state index < -0.39 is 22.9 Å². The van der Waals surface area contributed by atoms with Crippen molar-refractivity contribution in [3.63, 3.8) is 0 Å². The van der Waals surface area contributed by atoms with Gasteiger partial charge in [0.15, 0.2) is 6.10 Å². The quantitative estimate of drug-likeness (QED) is 0.455. The number of methoxy groups -OCH3 is 1. The van der Waals surface area contributed by atoms with E-state index in [4.69, 9.17) is 9.47 Å². The van der Waals surface area contributed by atoms with Gasteiger partial charge in [-0.3, -0.25) is 19.7 Å². The van der Waals surface area contributed by atoms with Crippen LogP contribution in [0.25, 0.3) is 0 Å². The molecule has 2 aromatic rings. The number of carbonyl (C=O) groups is 2. The molecule has 0 aliphatic heterocycles. The summed E-state index contributed by atoms with van der Waals surface area (Å²) in [4.78, 5) is 34.6. The minimum absolute atomic E-state index is 0.0397. The van der Waals surface area contributed by atoms with Crippen molar-refractivity contribution in [2.24, 2.45) is 0 Å². The fourth-order valence-electron chi connectivity index (χ4n) is 2.31. The first-order chi connectivity index (χ1) is 12.8. The minimum Gasteiger partial charge on any atom is -0.495 e. The van der Waals surface area contributed by atoms with Crippen molar-refractivity contribution >= 4 is 23.3 Å². The lowest BCUT2D eigenvalue weighted by atomic mass is 10.1. The third-order valence-electron chi connectivity index (χ3n) is 3.80. The van der Waals surface area contributed by atoms with Gasteiger partial charge < -0.3 is 14.8 Å². The monoisotopic (exact) mass is 372 g/mol. The number of aryl methyl sites for hydroxylation is 1. The van der Waals surface area contributed by atoms with Crippen LogP contribution in [0.2, 0.25) is 0 Å². The third kappa shape index (κ3) is 5.53. The lowest BCUT2D eigenvalue weighted by molar-refractivity contribution is -0.384. The van der Waals surface area contributed by atoms with Crippen molar-refractivity contribution in [1.29, 1.82) is 0 Å². The molecule has 0 fully saturated rings. The Hall–Kier alpha value is -3.42. The van der Waals surface area contributed by atoms with Crippen LogP contribution in [-0.2, 0) is 20.7 Å². The molecule has 0 aliphatic carbocycles. The number of esters is 1. The number of amides is 1. The fourth-order valence-corrected chi connectivity index (χ4v) is 2.31. The van der Waals surface area contributed by atoms with Gasteiger partial charge in [0, 0.05) is 12.1 Å². The van der Waals surface area contributed by atoms with Crippen molar-refractivity contribution in [2.75, 3.05) is 12.4 Å². The van der Waals surface area contributed by atoms with Crippen LogP contribution < -0.4 is 10.1 Å². The molecule has 27 heavy (non-hydrogen) atoms. The standard InChI is InChI=1S/C19H20N2O6/c1-12-4-6-14(7-5-12)10-18(22)27-13(2)19(23)20-16-11-15(21(24)25)8-9-17(16)26-3/h4-9,11,13H,10H2,1-3H3,(H,20,23)/t13-/m0/s1. The minimum atomic E-state index is -1.08. The highest BCUT2D eigenvalue weighted by molar-refractivity contribution is 5.96. The average Bonchev–Trinajstić information content (AvgIpc) is 2.63. The van der Waals surface area contributed by atoms with E-state index in [0.717, 1.165) is 11.1 Å². The zero-order valence-corrected chi connectivity index (χ0v) is 15.2. The number of non-ortho nitro benzene ring substituents is 1. The molecule has 0 heterocycles. The molecule has 8 nitrogen and oxygen atoms in total. The largest absolute Gasteiger partial charge is 0.495 e. The highest BCUT2D eigenvalue weighted by atomic mass is 16.6. The molecule has 1 amide bonds. The molecule has 1 atom stereocenters. The lowest BCUT2D eigenvalue weighted by Gasteiger charge is -2.15. The number of rotatable bonds is 7.